The van der Waals surface area contributed by atoms with E-state index >= 15 is 0 Å². The van der Waals surface area contributed by atoms with Gasteiger partial charge in [-0.05, 0) is 44.9 Å². The van der Waals surface area contributed by atoms with Crippen molar-refractivity contribution in [2.75, 3.05) is 6.61 Å². The SMILES string of the molecule is CCCCCCCCCC/C=C\CCCCCCCCCCCCCCCCCCCCCCCCCCCCCC(=O)NC(CO)C(O)/C=C/CCCCCCCCCCCCCCCCCCCC. The number of carbonyl (C=O) groups excluding carboxylic acids is 1. The van der Waals surface area contributed by atoms with Crippen LogP contribution in [0.4, 0.5) is 0 Å². The summed E-state index contributed by atoms with van der Waals surface area (Å²) >= 11 is 0. The number of allylic oxidation sites excluding steroid dienone is 3. The molecule has 0 aliphatic rings. The maximum atomic E-state index is 12.5. The minimum atomic E-state index is -0.837. The van der Waals surface area contributed by atoms with Gasteiger partial charge in [0.05, 0.1) is 18.8 Å². The summed E-state index contributed by atoms with van der Waals surface area (Å²) in [5, 5.41) is 23.2. The van der Waals surface area contributed by atoms with E-state index < -0.39 is 12.1 Å². The van der Waals surface area contributed by atoms with Gasteiger partial charge in [0, 0.05) is 6.42 Å². The van der Waals surface area contributed by atoms with Crippen molar-refractivity contribution in [3.63, 3.8) is 0 Å². The van der Waals surface area contributed by atoms with Crippen molar-refractivity contribution in [3.8, 4) is 0 Å². The molecule has 2 unspecified atom stereocenters. The number of unbranched alkanes of at least 4 members (excludes halogenated alkanes) is 53. The van der Waals surface area contributed by atoms with Gasteiger partial charge in [-0.25, -0.2) is 0 Å². The highest BCUT2D eigenvalue weighted by Gasteiger charge is 2.18. The molecule has 0 aromatic carbocycles. The van der Waals surface area contributed by atoms with E-state index in [9.17, 15) is 15.0 Å². The molecule has 0 heterocycles. The molecular weight excluding hydrogens is 867 g/mol. The largest absolute Gasteiger partial charge is 0.394 e. The van der Waals surface area contributed by atoms with Crippen LogP contribution in [0.1, 0.15) is 380 Å². The highest BCUT2D eigenvalue weighted by Crippen LogP contribution is 2.19. The van der Waals surface area contributed by atoms with E-state index in [1.165, 1.54) is 334 Å². The number of aliphatic hydroxyl groups is 2. The van der Waals surface area contributed by atoms with Crippen LogP contribution in [-0.4, -0.2) is 34.9 Å². The second kappa shape index (κ2) is 63.2. The first-order chi connectivity index (χ1) is 35.2. The lowest BCUT2D eigenvalue weighted by atomic mass is 10.0. The number of aliphatic hydroxyl groups excluding tert-OH is 2. The number of rotatable bonds is 62. The molecule has 0 rings (SSSR count). The van der Waals surface area contributed by atoms with Crippen molar-refractivity contribution >= 4 is 5.91 Å². The fourth-order valence-corrected chi connectivity index (χ4v) is 10.7. The predicted octanol–water partition coefficient (Wildman–Crippen LogP) is 22.2. The van der Waals surface area contributed by atoms with Gasteiger partial charge in [0.15, 0.2) is 0 Å². The predicted molar refractivity (Wildman–Crippen MR) is 318 cm³/mol. The van der Waals surface area contributed by atoms with E-state index in [-0.39, 0.29) is 12.5 Å². The Hall–Kier alpha value is -1.13. The lowest BCUT2D eigenvalue weighted by molar-refractivity contribution is -0.123. The highest BCUT2D eigenvalue weighted by molar-refractivity contribution is 5.76. The van der Waals surface area contributed by atoms with Gasteiger partial charge >= 0.3 is 0 Å². The zero-order valence-electron chi connectivity index (χ0n) is 48.8. The minimum Gasteiger partial charge on any atom is -0.394 e. The summed E-state index contributed by atoms with van der Waals surface area (Å²) in [5.74, 6) is -0.0551. The molecule has 0 aromatic heterocycles. The molecule has 1 amide bonds. The third-order valence-corrected chi connectivity index (χ3v) is 15.7. The first-order valence-corrected chi connectivity index (χ1v) is 33.1. The maximum absolute atomic E-state index is 12.5. The van der Waals surface area contributed by atoms with Crippen LogP contribution in [-0.2, 0) is 4.79 Å². The summed E-state index contributed by atoms with van der Waals surface area (Å²) in [6, 6.07) is -0.620. The summed E-state index contributed by atoms with van der Waals surface area (Å²) in [4.78, 5) is 12.5. The van der Waals surface area contributed by atoms with Crippen molar-refractivity contribution in [2.24, 2.45) is 0 Å². The second-order valence-electron chi connectivity index (χ2n) is 22.9. The fraction of sp³-hybridized carbons (Fsp3) is 0.925. The van der Waals surface area contributed by atoms with Gasteiger partial charge in [0.25, 0.3) is 0 Å². The molecule has 0 radical (unpaired) electrons. The third kappa shape index (κ3) is 59.6. The van der Waals surface area contributed by atoms with Gasteiger partial charge in [-0.1, -0.05) is 353 Å². The summed E-state index contributed by atoms with van der Waals surface area (Å²) in [5.41, 5.74) is 0. The summed E-state index contributed by atoms with van der Waals surface area (Å²) in [7, 11) is 0. The standard InChI is InChI=1S/C67H131NO3/c1-3-5-7-9-11-13-15-17-19-21-23-25-26-27-28-29-30-31-32-33-34-35-36-37-38-39-40-41-42-43-45-47-49-51-53-55-57-59-61-63-67(71)68-65(64-69)66(70)62-60-58-56-54-52-50-48-46-44-24-22-20-18-16-14-12-10-8-6-4-2/h21,23,60,62,65-66,69-70H,3-20,22,24-59,61,63-64H2,1-2H3,(H,68,71)/b23-21-,62-60+. The summed E-state index contributed by atoms with van der Waals surface area (Å²) in [6.45, 7) is 4.35. The maximum Gasteiger partial charge on any atom is 0.220 e. The molecule has 0 aliphatic carbocycles. The van der Waals surface area contributed by atoms with E-state index in [0.29, 0.717) is 6.42 Å². The Morgan fingerprint density at radius 1 is 0.324 bits per heavy atom. The van der Waals surface area contributed by atoms with Crippen LogP contribution in [0.2, 0.25) is 0 Å². The van der Waals surface area contributed by atoms with E-state index in [0.717, 1.165) is 25.7 Å². The topological polar surface area (TPSA) is 69.6 Å². The van der Waals surface area contributed by atoms with Crippen molar-refractivity contribution in [1.29, 1.82) is 0 Å². The number of amides is 1. The van der Waals surface area contributed by atoms with Crippen LogP contribution in [0.25, 0.3) is 0 Å². The molecule has 0 fully saturated rings. The van der Waals surface area contributed by atoms with Crippen LogP contribution in [0.3, 0.4) is 0 Å². The molecule has 71 heavy (non-hydrogen) atoms. The molecule has 0 bridgehead atoms. The van der Waals surface area contributed by atoms with E-state index in [4.69, 9.17) is 0 Å². The fourth-order valence-electron chi connectivity index (χ4n) is 10.7. The van der Waals surface area contributed by atoms with Gasteiger partial charge in [-0.2, -0.15) is 0 Å². The smallest absolute Gasteiger partial charge is 0.220 e. The normalized spacial score (nSPS) is 12.8. The van der Waals surface area contributed by atoms with Crippen LogP contribution in [0, 0.1) is 0 Å². The van der Waals surface area contributed by atoms with Crippen LogP contribution in [0.5, 0.6) is 0 Å². The van der Waals surface area contributed by atoms with Crippen LogP contribution < -0.4 is 5.32 Å². The van der Waals surface area contributed by atoms with Crippen molar-refractivity contribution in [3.05, 3.63) is 24.3 Å². The molecular formula is C67H131NO3. The van der Waals surface area contributed by atoms with Gasteiger partial charge in [-0.15, -0.1) is 0 Å². The molecule has 4 nitrogen and oxygen atoms in total. The summed E-state index contributed by atoms with van der Waals surface area (Å²) < 4.78 is 0. The van der Waals surface area contributed by atoms with Gasteiger partial charge in [-0.3, -0.25) is 4.79 Å². The Bertz CT molecular complexity index is 1040. The van der Waals surface area contributed by atoms with E-state index in [1.807, 2.05) is 6.08 Å². The number of hydrogen-bond acceptors (Lipinski definition) is 3. The highest BCUT2D eigenvalue weighted by atomic mass is 16.3. The molecule has 0 saturated heterocycles. The second-order valence-corrected chi connectivity index (χ2v) is 22.9. The Morgan fingerprint density at radius 2 is 0.535 bits per heavy atom. The first-order valence-electron chi connectivity index (χ1n) is 33.1. The van der Waals surface area contributed by atoms with Crippen LogP contribution >= 0.6 is 0 Å². The van der Waals surface area contributed by atoms with Crippen molar-refractivity contribution < 1.29 is 15.0 Å². The Morgan fingerprint density at radius 3 is 0.775 bits per heavy atom. The molecule has 3 N–H and O–H groups in total. The average molecular weight is 999 g/mol. The molecule has 2 atom stereocenters. The first kappa shape index (κ1) is 69.9. The Balaban J connectivity index is 3.38. The number of nitrogens with one attached hydrogen (secondary N) is 1. The molecule has 4 heteroatoms. The van der Waals surface area contributed by atoms with E-state index in [1.54, 1.807) is 6.08 Å². The number of hydrogen-bond donors (Lipinski definition) is 3. The molecule has 0 saturated carbocycles. The van der Waals surface area contributed by atoms with Crippen molar-refractivity contribution in [1.82, 2.24) is 5.32 Å². The quantitative estimate of drug-likeness (QED) is 0.0420. The zero-order chi connectivity index (χ0) is 51.3. The van der Waals surface area contributed by atoms with Gasteiger partial charge in [0.2, 0.25) is 5.91 Å². The van der Waals surface area contributed by atoms with Gasteiger partial charge in [0.1, 0.15) is 0 Å². The Labute approximate surface area is 447 Å². The number of carbonyl (C=O) groups is 1. The lowest BCUT2D eigenvalue weighted by Gasteiger charge is -2.20. The lowest BCUT2D eigenvalue weighted by Crippen LogP contribution is -2.45. The zero-order valence-corrected chi connectivity index (χ0v) is 48.8. The molecule has 0 aliphatic heterocycles. The monoisotopic (exact) mass is 998 g/mol. The minimum absolute atomic E-state index is 0.0551. The average Bonchev–Trinajstić information content (AvgIpc) is 3.37. The third-order valence-electron chi connectivity index (χ3n) is 15.7. The molecule has 0 spiro atoms. The molecule has 422 valence electrons. The van der Waals surface area contributed by atoms with E-state index in [2.05, 4.69) is 31.3 Å². The summed E-state index contributed by atoms with van der Waals surface area (Å²) in [6.07, 6.45) is 85.4. The van der Waals surface area contributed by atoms with Crippen molar-refractivity contribution in [2.45, 2.75) is 392 Å². The molecule has 0 aromatic rings. The van der Waals surface area contributed by atoms with Crippen LogP contribution in [0.15, 0.2) is 24.3 Å². The van der Waals surface area contributed by atoms with Gasteiger partial charge < -0.3 is 15.5 Å². The Kier molecular flexibility index (Phi) is 62.2.